The van der Waals surface area contributed by atoms with Gasteiger partial charge >= 0.3 is 0 Å². The smallest absolute Gasteiger partial charge is 0.230 e. The van der Waals surface area contributed by atoms with Gasteiger partial charge in [-0.25, -0.2) is 0 Å². The molecule has 0 radical (unpaired) electrons. The van der Waals surface area contributed by atoms with Gasteiger partial charge in [0.15, 0.2) is 11.0 Å². The third-order valence-corrected chi connectivity index (χ3v) is 6.52. The molecule has 5 nitrogen and oxygen atoms in total. The molecule has 0 saturated heterocycles. The number of aromatic nitrogens is 3. The van der Waals surface area contributed by atoms with E-state index in [9.17, 15) is 4.79 Å². The molecule has 1 saturated carbocycles. The van der Waals surface area contributed by atoms with Crippen LogP contribution >= 0.6 is 11.8 Å². The Kier molecular flexibility index (Phi) is 6.01. The quantitative estimate of drug-likeness (QED) is 0.811. The molecule has 1 aromatic heterocycles. The summed E-state index contributed by atoms with van der Waals surface area (Å²) in [5.41, 5.74) is 2.23. The van der Waals surface area contributed by atoms with Crippen molar-refractivity contribution in [3.8, 4) is 11.4 Å². The number of thioether (sulfide) groups is 1. The highest BCUT2D eigenvalue weighted by molar-refractivity contribution is 7.99. The van der Waals surface area contributed by atoms with Gasteiger partial charge in [0.05, 0.1) is 5.75 Å². The zero-order valence-electron chi connectivity index (χ0n) is 16.0. The summed E-state index contributed by atoms with van der Waals surface area (Å²) >= 11 is 1.44. The Labute approximate surface area is 160 Å². The van der Waals surface area contributed by atoms with Crippen LogP contribution in [0.3, 0.4) is 0 Å². The molecule has 26 heavy (non-hydrogen) atoms. The third kappa shape index (κ3) is 4.29. The minimum atomic E-state index is 0.0843. The standard InChI is InChI=1S/C20H28N4OS/c1-13-7-5-9-16(11-13)19-22-23-20(24(19)4)26-12-18(25)21-17-10-6-8-14(2)15(17)3/h5,7,9,11,14-15,17H,6,8,10,12H2,1-4H3,(H,21,25). The van der Waals surface area contributed by atoms with Crippen LogP contribution < -0.4 is 5.32 Å². The van der Waals surface area contributed by atoms with E-state index in [2.05, 4.69) is 48.4 Å². The van der Waals surface area contributed by atoms with Crippen molar-refractivity contribution in [3.05, 3.63) is 29.8 Å². The molecule has 3 atom stereocenters. The van der Waals surface area contributed by atoms with Gasteiger partial charge in [0.1, 0.15) is 0 Å². The molecule has 1 amide bonds. The lowest BCUT2D eigenvalue weighted by Crippen LogP contribution is -2.44. The number of rotatable bonds is 5. The molecule has 140 valence electrons. The summed E-state index contributed by atoms with van der Waals surface area (Å²) in [6.07, 6.45) is 3.55. The van der Waals surface area contributed by atoms with Crippen LogP contribution in [-0.2, 0) is 11.8 Å². The maximum atomic E-state index is 12.4. The van der Waals surface area contributed by atoms with Crippen LogP contribution in [0.4, 0.5) is 0 Å². The summed E-state index contributed by atoms with van der Waals surface area (Å²) in [4.78, 5) is 12.4. The second-order valence-corrected chi connectivity index (χ2v) is 8.41. The maximum absolute atomic E-state index is 12.4. The van der Waals surface area contributed by atoms with Gasteiger partial charge in [0, 0.05) is 18.7 Å². The lowest BCUT2D eigenvalue weighted by Gasteiger charge is -2.34. The number of amides is 1. The molecule has 1 heterocycles. The molecule has 0 bridgehead atoms. The van der Waals surface area contributed by atoms with Crippen molar-refractivity contribution in [2.75, 3.05) is 5.75 Å². The van der Waals surface area contributed by atoms with Crippen LogP contribution in [0.25, 0.3) is 11.4 Å². The highest BCUT2D eigenvalue weighted by atomic mass is 32.2. The molecule has 6 heteroatoms. The van der Waals surface area contributed by atoms with E-state index < -0.39 is 0 Å². The summed E-state index contributed by atoms with van der Waals surface area (Å²) in [5.74, 6) is 2.50. The first kappa shape index (κ1) is 19.0. The van der Waals surface area contributed by atoms with Gasteiger partial charge in [-0.3, -0.25) is 4.79 Å². The van der Waals surface area contributed by atoms with Crippen molar-refractivity contribution in [1.29, 1.82) is 0 Å². The molecule has 3 rings (SSSR count). The minimum absolute atomic E-state index is 0.0843. The number of carbonyl (C=O) groups is 1. The highest BCUT2D eigenvalue weighted by Crippen LogP contribution is 2.29. The van der Waals surface area contributed by atoms with Crippen LogP contribution in [0.15, 0.2) is 29.4 Å². The second-order valence-electron chi connectivity index (χ2n) is 7.46. The maximum Gasteiger partial charge on any atom is 0.230 e. The Hall–Kier alpha value is -1.82. The van der Waals surface area contributed by atoms with Gasteiger partial charge in [0.25, 0.3) is 0 Å². The van der Waals surface area contributed by atoms with E-state index in [4.69, 9.17) is 0 Å². The second kappa shape index (κ2) is 8.25. The van der Waals surface area contributed by atoms with Crippen LogP contribution in [0.5, 0.6) is 0 Å². The van der Waals surface area contributed by atoms with Gasteiger partial charge in [-0.15, -0.1) is 10.2 Å². The Balaban J connectivity index is 1.59. The van der Waals surface area contributed by atoms with Gasteiger partial charge in [-0.2, -0.15) is 0 Å². The first-order valence-electron chi connectivity index (χ1n) is 9.34. The third-order valence-electron chi connectivity index (χ3n) is 5.50. The minimum Gasteiger partial charge on any atom is -0.352 e. The van der Waals surface area contributed by atoms with Crippen LogP contribution in [-0.4, -0.2) is 32.5 Å². The summed E-state index contributed by atoms with van der Waals surface area (Å²) in [5, 5.41) is 12.5. The average Bonchev–Trinajstić information content (AvgIpc) is 2.98. The van der Waals surface area contributed by atoms with Crippen molar-refractivity contribution < 1.29 is 4.79 Å². The fourth-order valence-corrected chi connectivity index (χ4v) is 4.36. The van der Waals surface area contributed by atoms with Crippen molar-refractivity contribution in [3.63, 3.8) is 0 Å². The van der Waals surface area contributed by atoms with Gasteiger partial charge in [-0.1, -0.05) is 62.2 Å². The number of nitrogens with zero attached hydrogens (tertiary/aromatic N) is 3. The molecule has 1 fully saturated rings. The van der Waals surface area contributed by atoms with Crippen LogP contribution in [0.2, 0.25) is 0 Å². The predicted octanol–water partition coefficient (Wildman–Crippen LogP) is 3.82. The fraction of sp³-hybridized carbons (Fsp3) is 0.550. The molecule has 2 aromatic rings. The number of benzene rings is 1. The SMILES string of the molecule is Cc1cccc(-c2nnc(SCC(=O)NC3CCCC(C)C3C)n2C)c1. The van der Waals surface area contributed by atoms with E-state index in [0.29, 0.717) is 23.6 Å². The highest BCUT2D eigenvalue weighted by Gasteiger charge is 2.28. The lowest BCUT2D eigenvalue weighted by atomic mass is 9.78. The van der Waals surface area contributed by atoms with E-state index in [1.165, 1.54) is 30.2 Å². The van der Waals surface area contributed by atoms with E-state index >= 15 is 0 Å². The monoisotopic (exact) mass is 372 g/mol. The predicted molar refractivity (Wildman–Crippen MR) is 106 cm³/mol. The van der Waals surface area contributed by atoms with Crippen molar-refractivity contribution in [1.82, 2.24) is 20.1 Å². The number of carbonyl (C=O) groups excluding carboxylic acids is 1. The van der Waals surface area contributed by atoms with E-state index in [1.54, 1.807) is 0 Å². The summed E-state index contributed by atoms with van der Waals surface area (Å²) < 4.78 is 1.96. The van der Waals surface area contributed by atoms with Crippen LogP contribution in [0, 0.1) is 18.8 Å². The summed E-state index contributed by atoms with van der Waals surface area (Å²) in [6.45, 7) is 6.59. The molecular formula is C20H28N4OS. The van der Waals surface area contributed by atoms with Crippen molar-refractivity contribution in [2.24, 2.45) is 18.9 Å². The molecule has 0 spiro atoms. The topological polar surface area (TPSA) is 59.8 Å². The molecule has 3 unspecified atom stereocenters. The van der Waals surface area contributed by atoms with E-state index in [-0.39, 0.29) is 5.91 Å². The number of hydrogen-bond donors (Lipinski definition) is 1. The average molecular weight is 373 g/mol. The van der Waals surface area contributed by atoms with Crippen LogP contribution in [0.1, 0.15) is 38.7 Å². The van der Waals surface area contributed by atoms with E-state index in [0.717, 1.165) is 23.0 Å². The van der Waals surface area contributed by atoms with Gasteiger partial charge in [-0.05, 0) is 31.2 Å². The molecule has 1 aliphatic carbocycles. The van der Waals surface area contributed by atoms with Crippen molar-refractivity contribution >= 4 is 17.7 Å². The fourth-order valence-electron chi connectivity index (χ4n) is 3.64. The lowest BCUT2D eigenvalue weighted by molar-refractivity contribution is -0.120. The molecule has 1 aromatic carbocycles. The Bertz CT molecular complexity index is 773. The molecule has 1 N–H and O–H groups in total. The number of hydrogen-bond acceptors (Lipinski definition) is 4. The number of aryl methyl sites for hydroxylation is 1. The normalized spacial score (nSPS) is 23.0. The van der Waals surface area contributed by atoms with Gasteiger partial charge < -0.3 is 9.88 Å². The zero-order chi connectivity index (χ0) is 18.7. The first-order chi connectivity index (χ1) is 12.5. The first-order valence-corrected chi connectivity index (χ1v) is 10.3. The van der Waals surface area contributed by atoms with E-state index in [1.807, 2.05) is 23.7 Å². The Morgan fingerprint density at radius 3 is 2.88 bits per heavy atom. The Morgan fingerprint density at radius 2 is 2.12 bits per heavy atom. The molecule has 0 aliphatic heterocycles. The molecule has 1 aliphatic rings. The summed E-state index contributed by atoms with van der Waals surface area (Å²) in [7, 11) is 1.95. The van der Waals surface area contributed by atoms with Gasteiger partial charge in [0.2, 0.25) is 5.91 Å². The largest absolute Gasteiger partial charge is 0.352 e. The molecular weight excluding hydrogens is 344 g/mol. The summed E-state index contributed by atoms with van der Waals surface area (Å²) in [6, 6.07) is 8.51. The van der Waals surface area contributed by atoms with Crippen molar-refractivity contribution in [2.45, 2.75) is 51.2 Å². The number of nitrogens with one attached hydrogen (secondary N) is 1. The Morgan fingerprint density at radius 1 is 1.31 bits per heavy atom. The zero-order valence-corrected chi connectivity index (χ0v) is 16.8.